The second-order valence-corrected chi connectivity index (χ2v) is 23.7. The Hall–Kier alpha value is -6.92. The normalized spacial score (nSPS) is 32.3. The second kappa shape index (κ2) is 33.6. The van der Waals surface area contributed by atoms with Crippen LogP contribution < -0.4 is 47.7 Å². The van der Waals surface area contributed by atoms with Crippen LogP contribution in [0, 0.1) is 16.7 Å². The maximum absolute atomic E-state index is 14.9. The van der Waals surface area contributed by atoms with Crippen LogP contribution in [0.5, 0.6) is 5.75 Å². The summed E-state index contributed by atoms with van der Waals surface area (Å²) in [5.41, 5.74) is 7.38. The summed E-state index contributed by atoms with van der Waals surface area (Å²) in [6.07, 6.45) is -29.5. The van der Waals surface area contributed by atoms with Gasteiger partial charge < -0.3 is 143 Å². The van der Waals surface area contributed by atoms with Crippen LogP contribution in [0.4, 0.5) is 0 Å². The Morgan fingerprint density at radius 2 is 1.29 bits per heavy atom. The molecule has 0 bridgehead atoms. The molecule has 36 heteroatoms. The van der Waals surface area contributed by atoms with E-state index < -0.39 is 227 Å². The van der Waals surface area contributed by atoms with Crippen LogP contribution in [-0.4, -0.2) is 305 Å². The van der Waals surface area contributed by atoms with Gasteiger partial charge in [0.1, 0.15) is 109 Å². The van der Waals surface area contributed by atoms with E-state index in [1.54, 1.807) is 44.2 Å². The number of rotatable bonds is 30. The lowest BCUT2D eigenvalue weighted by Gasteiger charge is -2.46. The highest BCUT2D eigenvalue weighted by atomic mass is 16.7. The summed E-state index contributed by atoms with van der Waals surface area (Å²) >= 11 is 0. The van der Waals surface area contributed by atoms with Crippen LogP contribution in [0.2, 0.25) is 0 Å². The maximum atomic E-state index is 14.9. The molecular weight excluding hydrogens is 1250 g/mol. The van der Waals surface area contributed by atoms with Gasteiger partial charge in [-0.2, -0.15) is 0 Å². The van der Waals surface area contributed by atoms with Gasteiger partial charge in [0, 0.05) is 31.8 Å². The van der Waals surface area contributed by atoms with Crippen molar-refractivity contribution in [3.05, 3.63) is 65.7 Å². The molecule has 26 atom stereocenters. The van der Waals surface area contributed by atoms with Gasteiger partial charge in [0.25, 0.3) is 0 Å². The van der Waals surface area contributed by atoms with Crippen molar-refractivity contribution in [3.8, 4) is 5.75 Å². The topological polar surface area (TPSA) is 582 Å². The first-order valence-corrected chi connectivity index (χ1v) is 30.4. The first-order chi connectivity index (χ1) is 44.7. The van der Waals surface area contributed by atoms with Crippen LogP contribution in [0.25, 0.3) is 0 Å². The Balaban J connectivity index is 1.12. The molecule has 5 aliphatic heterocycles. The summed E-state index contributed by atoms with van der Waals surface area (Å²) < 4.78 is 34.1. The summed E-state index contributed by atoms with van der Waals surface area (Å²) in [7, 11) is 0. The van der Waals surface area contributed by atoms with Gasteiger partial charge in [-0.15, -0.1) is 0 Å². The molecule has 4 amide bonds. The van der Waals surface area contributed by atoms with Crippen LogP contribution in [-0.2, 0) is 58.9 Å². The Morgan fingerprint density at radius 1 is 0.691 bits per heavy atom. The third-order valence-corrected chi connectivity index (χ3v) is 17.2. The zero-order valence-electron chi connectivity index (χ0n) is 51.3. The van der Waals surface area contributed by atoms with Crippen molar-refractivity contribution >= 4 is 47.8 Å². The van der Waals surface area contributed by atoms with Crippen LogP contribution in [0.1, 0.15) is 50.7 Å². The van der Waals surface area contributed by atoms with E-state index in [9.17, 15) is 95.2 Å². The standard InChI is InChI=1S/C58H86N11O25/c1-4-23(2)14-35(75)93-48-33(21-73)92-56(47(84)43(48)80)94-49-34(22-74)91-55(46(83)44(49)81)89-28-12-10-25(11-13-28)15-29(65-51(86)36(59)24(3)26-8-6-5-7-9-26)50(85)67-37(39(76)30-16-62-57(60)66-30)53(88)68-38(52(87)64-27(18-70)19-71)40(77)31-17-63-58(61)69(31)54-45(82)42(79)41(78)32(20-72)90-54/h5-13,23-24,27,29-34,36-49,54-56,70,72-74,76-84H,4,14-18,20-22,59H2,1-3H3,(H2,61,63)(H,64,87)(H,65,86)(H,67,85)(H,68,88)(H3,60,62,66). The molecule has 1 radical (unpaired) electrons. The number of benzene rings is 2. The highest BCUT2D eigenvalue weighted by molar-refractivity contribution is 5.96. The number of carbonyl (C=O) groups is 5. The lowest BCUT2D eigenvalue weighted by molar-refractivity contribution is -0.353. The third kappa shape index (κ3) is 17.6. The number of amides is 4. The van der Waals surface area contributed by atoms with Crippen molar-refractivity contribution in [2.45, 2.75) is 193 Å². The number of guanidine groups is 2. The highest BCUT2D eigenvalue weighted by Crippen LogP contribution is 2.33. The van der Waals surface area contributed by atoms with Crippen molar-refractivity contribution in [1.82, 2.24) is 42.1 Å². The fraction of sp³-hybridized carbons (Fsp3) is 0.655. The first kappa shape index (κ1) is 74.5. The number of aliphatic hydroxyl groups excluding tert-OH is 13. The number of nitrogens with zero attached hydrogens (tertiary/aromatic N) is 1. The minimum atomic E-state index is -2.30. The average molecular weight is 1340 g/mol. The quantitative estimate of drug-likeness (QED) is 0.0323. The van der Waals surface area contributed by atoms with E-state index >= 15 is 0 Å². The number of nitrogens with one attached hydrogen (secondary N) is 9. The summed E-state index contributed by atoms with van der Waals surface area (Å²) in [6, 6.07) is 1.79. The van der Waals surface area contributed by atoms with Crippen LogP contribution in [0.3, 0.4) is 0 Å². The first-order valence-electron chi connectivity index (χ1n) is 30.4. The fourth-order valence-electron chi connectivity index (χ4n) is 11.3. The summed E-state index contributed by atoms with van der Waals surface area (Å²) in [5, 5.41) is 175. The zero-order valence-corrected chi connectivity index (χ0v) is 51.3. The molecule has 0 saturated carbocycles. The SMILES string of the molecule is CCC(C)CC(=O)OC1C(CO)OC(OC2C(CO)OC(Oc3ccc(CC(NC(=O)C(N)C(C)c4ccccc4)C(=O)NC(C(=O)NC(C(=O)NC([C]=O)CO)C(O)C4CNC(=N)N4C4OC(CO)C(O)C(O)C4O)C(O)C4CNC(=N)N4)cc3)C(O)C2O)C(O)C1O. The number of hydrogen-bond acceptors (Lipinski definition) is 28. The molecule has 26 unspecified atom stereocenters. The monoisotopic (exact) mass is 1340 g/mol. The molecular formula is C58H86N11O25. The van der Waals surface area contributed by atoms with Crippen molar-refractivity contribution in [3.63, 3.8) is 0 Å². The largest absolute Gasteiger partial charge is 0.462 e. The summed E-state index contributed by atoms with van der Waals surface area (Å²) in [6.45, 7) is 0.942. The van der Waals surface area contributed by atoms with Gasteiger partial charge in [0.05, 0.1) is 44.6 Å². The molecule has 94 heavy (non-hydrogen) atoms. The smallest absolute Gasteiger partial charge is 0.306 e. The lowest BCUT2D eigenvalue weighted by atomic mass is 9.93. The van der Waals surface area contributed by atoms with Crippen molar-refractivity contribution in [2.75, 3.05) is 39.5 Å². The van der Waals surface area contributed by atoms with Gasteiger partial charge in [-0.3, -0.25) is 39.6 Å². The third-order valence-electron chi connectivity index (χ3n) is 17.2. The molecule has 5 heterocycles. The molecule has 0 spiro atoms. The molecule has 2 aromatic rings. The summed E-state index contributed by atoms with van der Waals surface area (Å²) in [4.78, 5) is 83.4. The van der Waals surface area contributed by atoms with Gasteiger partial charge in [0.2, 0.25) is 36.2 Å². The Labute approximate surface area is 538 Å². The highest BCUT2D eigenvalue weighted by Gasteiger charge is 2.55. The van der Waals surface area contributed by atoms with E-state index in [1.807, 2.05) is 6.92 Å². The molecule has 523 valence electrons. The Morgan fingerprint density at radius 3 is 1.89 bits per heavy atom. The molecule has 5 saturated heterocycles. The van der Waals surface area contributed by atoms with E-state index in [4.69, 9.17) is 45.0 Å². The minimum absolute atomic E-state index is 0.0295. The molecule has 36 nitrogen and oxygen atoms in total. The predicted octanol–water partition coefficient (Wildman–Crippen LogP) is -10.4. The van der Waals surface area contributed by atoms with Gasteiger partial charge in [-0.25, -0.2) is 0 Å². The number of carbonyl (C=O) groups excluding carboxylic acids is 6. The van der Waals surface area contributed by atoms with Gasteiger partial charge in [-0.05, 0) is 29.2 Å². The number of esters is 1. The van der Waals surface area contributed by atoms with E-state index in [0.717, 1.165) is 4.90 Å². The van der Waals surface area contributed by atoms with E-state index in [0.29, 0.717) is 12.0 Å². The van der Waals surface area contributed by atoms with Crippen molar-refractivity contribution in [1.29, 1.82) is 10.8 Å². The molecule has 7 rings (SSSR count). The lowest BCUT2D eigenvalue weighted by Crippen LogP contribution is -2.69. The number of aliphatic hydroxyl groups is 13. The van der Waals surface area contributed by atoms with Crippen molar-refractivity contribution < 1.29 is 124 Å². The van der Waals surface area contributed by atoms with Gasteiger partial charge in [0.15, 0.2) is 30.5 Å². The Kier molecular flexibility index (Phi) is 26.7. The van der Waals surface area contributed by atoms with Crippen LogP contribution in [0.15, 0.2) is 54.6 Å². The second-order valence-electron chi connectivity index (χ2n) is 23.7. The van der Waals surface area contributed by atoms with Gasteiger partial charge >= 0.3 is 5.97 Å². The predicted molar refractivity (Wildman–Crippen MR) is 318 cm³/mol. The molecule has 2 aromatic carbocycles. The maximum Gasteiger partial charge on any atom is 0.306 e. The number of ether oxygens (including phenoxy) is 6. The summed E-state index contributed by atoms with van der Waals surface area (Å²) in [5.74, 6) is -7.39. The average Bonchev–Trinajstić information content (AvgIpc) is 1.45. The fourth-order valence-corrected chi connectivity index (χ4v) is 11.3. The molecule has 5 fully saturated rings. The molecule has 0 aliphatic carbocycles. The van der Waals surface area contributed by atoms with Gasteiger partial charge in [-0.1, -0.05) is 69.7 Å². The molecule has 0 aromatic heterocycles. The zero-order chi connectivity index (χ0) is 69.0. The minimum Gasteiger partial charge on any atom is -0.462 e. The molecule has 24 N–H and O–H groups in total. The number of hydrogen-bond donors (Lipinski definition) is 23. The van der Waals surface area contributed by atoms with Crippen LogP contribution >= 0.6 is 0 Å². The number of nitrogens with two attached hydrogens (primary N) is 1. The Bertz CT molecular complexity index is 2870. The van der Waals surface area contributed by atoms with E-state index in [2.05, 4.69) is 37.2 Å². The van der Waals surface area contributed by atoms with E-state index in [1.165, 1.54) is 30.6 Å². The molecule has 5 aliphatic rings. The van der Waals surface area contributed by atoms with Crippen molar-refractivity contribution in [2.24, 2.45) is 11.7 Å². The van der Waals surface area contributed by atoms with E-state index in [-0.39, 0.29) is 36.2 Å².